The third-order valence-corrected chi connectivity index (χ3v) is 6.12. The third-order valence-electron chi connectivity index (χ3n) is 4.65. The number of aryl methyl sites for hydroxylation is 1. The molecule has 2 aromatic carbocycles. The summed E-state index contributed by atoms with van der Waals surface area (Å²) in [4.78, 5) is 23.4. The Kier molecular flexibility index (Phi) is 6.98. The number of anilines is 1. The van der Waals surface area contributed by atoms with Crippen molar-refractivity contribution in [3.8, 4) is 11.3 Å². The van der Waals surface area contributed by atoms with Gasteiger partial charge in [0.05, 0.1) is 4.90 Å². The fourth-order valence-electron chi connectivity index (χ4n) is 2.83. The fourth-order valence-corrected chi connectivity index (χ4v) is 3.86. The van der Waals surface area contributed by atoms with Crippen LogP contribution >= 0.6 is 0 Å². The van der Waals surface area contributed by atoms with E-state index in [9.17, 15) is 18.0 Å². The molecule has 0 radical (unpaired) electrons. The number of benzene rings is 2. The summed E-state index contributed by atoms with van der Waals surface area (Å²) in [5.41, 5.74) is 3.08. The molecule has 0 saturated carbocycles. The molecule has 3 rings (SSSR count). The summed E-state index contributed by atoms with van der Waals surface area (Å²) in [5.74, 6) is -0.386. The molecule has 0 unspecified atom stereocenters. The zero-order valence-electron chi connectivity index (χ0n) is 17.2. The zero-order valence-corrected chi connectivity index (χ0v) is 18.0. The van der Waals surface area contributed by atoms with Crippen LogP contribution in [0.3, 0.4) is 0 Å². The van der Waals surface area contributed by atoms with Crippen LogP contribution in [0, 0.1) is 0 Å². The van der Waals surface area contributed by atoms with E-state index in [0.29, 0.717) is 11.3 Å². The van der Waals surface area contributed by atoms with Gasteiger partial charge in [-0.2, -0.15) is 0 Å². The Balaban J connectivity index is 1.52. The van der Waals surface area contributed by atoms with Crippen molar-refractivity contribution in [1.82, 2.24) is 9.88 Å². The van der Waals surface area contributed by atoms with Gasteiger partial charge in [0.15, 0.2) is 5.78 Å². The first-order valence-corrected chi connectivity index (χ1v) is 11.2. The van der Waals surface area contributed by atoms with Crippen molar-refractivity contribution in [3.05, 3.63) is 65.7 Å². The van der Waals surface area contributed by atoms with Crippen LogP contribution in [0.1, 0.15) is 36.2 Å². The van der Waals surface area contributed by atoms with E-state index in [-0.39, 0.29) is 29.5 Å². The Morgan fingerprint density at radius 1 is 1.03 bits per heavy atom. The van der Waals surface area contributed by atoms with Crippen molar-refractivity contribution in [3.63, 3.8) is 0 Å². The second kappa shape index (κ2) is 9.67. The first-order chi connectivity index (χ1) is 14.8. The van der Waals surface area contributed by atoms with E-state index < -0.39 is 15.9 Å². The molecule has 9 heteroatoms. The molecule has 3 aromatic rings. The van der Waals surface area contributed by atoms with Crippen LogP contribution in [0.4, 0.5) is 5.88 Å². The molecule has 0 aliphatic heterocycles. The van der Waals surface area contributed by atoms with Gasteiger partial charge in [-0.15, -0.1) is 0 Å². The average molecular weight is 442 g/mol. The van der Waals surface area contributed by atoms with Gasteiger partial charge < -0.3 is 4.52 Å². The number of amides is 1. The van der Waals surface area contributed by atoms with Crippen LogP contribution in [-0.4, -0.2) is 31.8 Å². The lowest BCUT2D eigenvalue weighted by Gasteiger charge is -2.07. The highest BCUT2D eigenvalue weighted by Crippen LogP contribution is 2.22. The number of carbonyl (C=O) groups excluding carboxylic acids is 2. The molecule has 0 aliphatic rings. The number of nitrogens with zero attached hydrogens (tertiary/aromatic N) is 1. The number of nitrogens with one attached hydrogen (secondary N) is 2. The molecule has 1 amide bonds. The van der Waals surface area contributed by atoms with E-state index >= 15 is 0 Å². The van der Waals surface area contributed by atoms with Gasteiger partial charge in [-0.25, -0.2) is 13.1 Å². The van der Waals surface area contributed by atoms with Crippen LogP contribution in [0.2, 0.25) is 0 Å². The second-order valence-corrected chi connectivity index (χ2v) is 8.67. The maximum Gasteiger partial charge on any atom is 0.240 e. The fraction of sp³-hybridized carbons (Fsp3) is 0.227. The number of hydrogen-bond donors (Lipinski definition) is 2. The smallest absolute Gasteiger partial charge is 0.240 e. The van der Waals surface area contributed by atoms with Gasteiger partial charge in [0.1, 0.15) is 5.69 Å². The summed E-state index contributed by atoms with van der Waals surface area (Å²) in [6, 6.07) is 15.1. The van der Waals surface area contributed by atoms with Crippen molar-refractivity contribution in [2.45, 2.75) is 31.6 Å². The van der Waals surface area contributed by atoms with Gasteiger partial charge in [-0.1, -0.05) is 48.5 Å². The molecule has 8 nitrogen and oxygen atoms in total. The van der Waals surface area contributed by atoms with Crippen LogP contribution in [0.25, 0.3) is 11.3 Å². The molecule has 0 saturated heterocycles. The maximum atomic E-state index is 12.3. The van der Waals surface area contributed by atoms with Gasteiger partial charge >= 0.3 is 0 Å². The summed E-state index contributed by atoms with van der Waals surface area (Å²) in [5, 5.41) is 6.51. The number of Topliss-reactive ketones (excluding diaryl/α,β-unsaturated/α-hetero) is 1. The predicted molar refractivity (Wildman–Crippen MR) is 116 cm³/mol. The van der Waals surface area contributed by atoms with E-state index in [2.05, 4.69) is 22.1 Å². The first kappa shape index (κ1) is 22.4. The van der Waals surface area contributed by atoms with Crippen LogP contribution < -0.4 is 10.0 Å². The SMILES string of the molecule is CCc1ccc(-c2cc(NC(=O)CCNS(=O)(=O)c3ccc(C(C)=O)cc3)on2)cc1. The van der Waals surface area contributed by atoms with Gasteiger partial charge in [-0.05, 0) is 31.0 Å². The first-order valence-electron chi connectivity index (χ1n) is 9.75. The van der Waals surface area contributed by atoms with Gasteiger partial charge in [0, 0.05) is 30.2 Å². The van der Waals surface area contributed by atoms with Crippen molar-refractivity contribution >= 4 is 27.6 Å². The van der Waals surface area contributed by atoms with Crippen molar-refractivity contribution < 1.29 is 22.5 Å². The average Bonchev–Trinajstić information content (AvgIpc) is 3.22. The van der Waals surface area contributed by atoms with Crippen LogP contribution in [0.5, 0.6) is 0 Å². The largest absolute Gasteiger partial charge is 0.338 e. The van der Waals surface area contributed by atoms with Crippen molar-refractivity contribution in [2.24, 2.45) is 0 Å². The summed E-state index contributed by atoms with van der Waals surface area (Å²) >= 11 is 0. The lowest BCUT2D eigenvalue weighted by molar-refractivity contribution is -0.116. The lowest BCUT2D eigenvalue weighted by Crippen LogP contribution is -2.27. The number of aromatic nitrogens is 1. The molecule has 1 heterocycles. The van der Waals surface area contributed by atoms with Gasteiger partial charge in [0.25, 0.3) is 0 Å². The normalized spacial score (nSPS) is 11.3. The minimum atomic E-state index is -3.79. The molecular formula is C22H23N3O5S. The molecular weight excluding hydrogens is 418 g/mol. The molecule has 0 aliphatic carbocycles. The molecule has 31 heavy (non-hydrogen) atoms. The van der Waals surface area contributed by atoms with Crippen molar-refractivity contribution in [1.29, 1.82) is 0 Å². The summed E-state index contributed by atoms with van der Waals surface area (Å²) < 4.78 is 32.1. The number of sulfonamides is 1. The maximum absolute atomic E-state index is 12.3. The minimum absolute atomic E-state index is 0.0203. The Bertz CT molecular complexity index is 1170. The standard InChI is InChI=1S/C22H23N3O5S/c1-3-16-4-6-18(7-5-16)20-14-22(30-25-20)24-21(27)12-13-23-31(28,29)19-10-8-17(9-11-19)15(2)26/h4-11,14,23H,3,12-13H2,1-2H3,(H,24,27). The summed E-state index contributed by atoms with van der Waals surface area (Å²) in [7, 11) is -3.79. The van der Waals surface area contributed by atoms with Crippen LogP contribution in [-0.2, 0) is 21.2 Å². The highest BCUT2D eigenvalue weighted by Gasteiger charge is 2.15. The topological polar surface area (TPSA) is 118 Å². The Morgan fingerprint density at radius 3 is 2.32 bits per heavy atom. The zero-order chi connectivity index (χ0) is 22.4. The Hall–Kier alpha value is -3.30. The Labute approximate surface area is 180 Å². The second-order valence-electron chi connectivity index (χ2n) is 6.90. The summed E-state index contributed by atoms with van der Waals surface area (Å²) in [6.07, 6.45) is 0.847. The monoisotopic (exact) mass is 441 g/mol. The quantitative estimate of drug-likeness (QED) is 0.491. The van der Waals surface area contributed by atoms with Crippen LogP contribution in [0.15, 0.2) is 64.0 Å². The van der Waals surface area contributed by atoms with Gasteiger partial charge in [0.2, 0.25) is 21.8 Å². The Morgan fingerprint density at radius 2 is 1.71 bits per heavy atom. The molecule has 0 spiro atoms. The molecule has 1 aromatic heterocycles. The summed E-state index contributed by atoms with van der Waals surface area (Å²) in [6.45, 7) is 3.38. The minimum Gasteiger partial charge on any atom is -0.338 e. The number of rotatable bonds is 9. The van der Waals surface area contributed by atoms with Crippen molar-refractivity contribution in [2.75, 3.05) is 11.9 Å². The van der Waals surface area contributed by atoms with E-state index in [1.54, 1.807) is 6.07 Å². The van der Waals surface area contributed by atoms with Gasteiger partial charge in [-0.3, -0.25) is 14.9 Å². The molecule has 0 fully saturated rings. The van der Waals surface area contributed by atoms with E-state index in [4.69, 9.17) is 4.52 Å². The highest BCUT2D eigenvalue weighted by atomic mass is 32.2. The van der Waals surface area contributed by atoms with E-state index in [1.165, 1.54) is 36.8 Å². The van der Waals surface area contributed by atoms with E-state index in [1.807, 2.05) is 24.3 Å². The predicted octanol–water partition coefficient (Wildman–Crippen LogP) is 3.41. The molecule has 2 N–H and O–H groups in total. The molecule has 162 valence electrons. The molecule has 0 bridgehead atoms. The van der Waals surface area contributed by atoms with E-state index in [0.717, 1.165) is 12.0 Å². The third kappa shape index (κ3) is 5.87. The number of ketones is 1. The number of hydrogen-bond acceptors (Lipinski definition) is 6. The lowest BCUT2D eigenvalue weighted by atomic mass is 10.1. The highest BCUT2D eigenvalue weighted by molar-refractivity contribution is 7.89. The number of carbonyl (C=O) groups is 2. The molecule has 0 atom stereocenters.